The molecule has 1 aromatic rings. The van der Waals surface area contributed by atoms with Crippen LogP contribution in [0.15, 0.2) is 24.3 Å². The van der Waals surface area contributed by atoms with Gasteiger partial charge in [0, 0.05) is 0 Å². The zero-order chi connectivity index (χ0) is 12.6. The van der Waals surface area contributed by atoms with Gasteiger partial charge in [0.1, 0.15) is 5.41 Å². The monoisotopic (exact) mass is 233 g/mol. The molecule has 0 aromatic heterocycles. The first kappa shape index (κ1) is 11.6. The van der Waals surface area contributed by atoms with Crippen LogP contribution in [0.1, 0.15) is 25.0 Å². The molecule has 0 N–H and O–H groups in total. The van der Waals surface area contributed by atoms with Crippen LogP contribution in [0.25, 0.3) is 0 Å². The molecule has 2 rings (SSSR count). The Morgan fingerprint density at radius 1 is 1.24 bits per heavy atom. The molecule has 0 aliphatic carbocycles. The van der Waals surface area contributed by atoms with Crippen LogP contribution in [0, 0.1) is 12.3 Å². The van der Waals surface area contributed by atoms with E-state index in [-0.39, 0.29) is 5.91 Å². The smallest absolute Gasteiger partial charge is 0.337 e. The van der Waals surface area contributed by atoms with E-state index in [9.17, 15) is 9.59 Å². The number of rotatable bonds is 2. The van der Waals surface area contributed by atoms with Gasteiger partial charge in [0.05, 0.1) is 6.54 Å². The summed E-state index contributed by atoms with van der Waals surface area (Å²) in [6.07, 6.45) is 0. The van der Waals surface area contributed by atoms with Crippen LogP contribution in [-0.4, -0.2) is 16.9 Å². The van der Waals surface area contributed by atoms with Gasteiger partial charge in [-0.25, -0.2) is 4.79 Å². The standard InChI is InChI=1S/C13H15NO3/c1-9-6-4-5-7-10(9)8-14-11(15)13(2,3)12(16)17-14/h4-7H,8H2,1-3H3. The number of hydrogen-bond donors (Lipinski definition) is 0. The second kappa shape index (κ2) is 3.87. The highest BCUT2D eigenvalue weighted by molar-refractivity contribution is 6.05. The highest BCUT2D eigenvalue weighted by Gasteiger charge is 2.49. The second-order valence-electron chi connectivity index (χ2n) is 4.77. The first-order chi connectivity index (χ1) is 7.93. The highest BCUT2D eigenvalue weighted by Crippen LogP contribution is 2.29. The van der Waals surface area contributed by atoms with Crippen LogP contribution in [0.4, 0.5) is 0 Å². The van der Waals surface area contributed by atoms with Crippen molar-refractivity contribution in [2.24, 2.45) is 5.41 Å². The molecule has 4 nitrogen and oxygen atoms in total. The number of amides is 1. The van der Waals surface area contributed by atoms with Crippen LogP contribution < -0.4 is 0 Å². The lowest BCUT2D eigenvalue weighted by atomic mass is 9.94. The fourth-order valence-corrected chi connectivity index (χ4v) is 1.70. The lowest BCUT2D eigenvalue weighted by Crippen LogP contribution is -2.31. The first-order valence-corrected chi connectivity index (χ1v) is 5.52. The van der Waals surface area contributed by atoms with Crippen LogP contribution in [0.2, 0.25) is 0 Å². The molecular weight excluding hydrogens is 218 g/mol. The molecule has 0 saturated carbocycles. The third kappa shape index (κ3) is 1.90. The average Bonchev–Trinajstić information content (AvgIpc) is 2.46. The molecule has 1 aromatic carbocycles. The van der Waals surface area contributed by atoms with Gasteiger partial charge in [-0.15, -0.1) is 0 Å². The molecule has 17 heavy (non-hydrogen) atoms. The van der Waals surface area contributed by atoms with Gasteiger partial charge < -0.3 is 4.84 Å². The number of hydrogen-bond acceptors (Lipinski definition) is 3. The van der Waals surface area contributed by atoms with E-state index in [2.05, 4.69) is 0 Å². The molecule has 1 aliphatic heterocycles. The Morgan fingerprint density at radius 3 is 2.41 bits per heavy atom. The van der Waals surface area contributed by atoms with Crippen LogP contribution >= 0.6 is 0 Å². The maximum Gasteiger partial charge on any atom is 0.347 e. The summed E-state index contributed by atoms with van der Waals surface area (Å²) in [5.41, 5.74) is 0.982. The Morgan fingerprint density at radius 2 is 1.88 bits per heavy atom. The minimum absolute atomic E-state index is 0.286. The predicted octanol–water partition coefficient (Wildman–Crippen LogP) is 1.82. The Bertz CT molecular complexity index is 479. The minimum Gasteiger partial charge on any atom is -0.337 e. The number of hydroxylamine groups is 2. The summed E-state index contributed by atoms with van der Waals surface area (Å²) in [5.74, 6) is -0.776. The lowest BCUT2D eigenvalue weighted by Gasteiger charge is -2.15. The molecule has 1 saturated heterocycles. The number of benzene rings is 1. The van der Waals surface area contributed by atoms with Crippen molar-refractivity contribution in [2.75, 3.05) is 0 Å². The normalized spacial score (nSPS) is 18.4. The average molecular weight is 233 g/mol. The summed E-state index contributed by atoms with van der Waals surface area (Å²) >= 11 is 0. The quantitative estimate of drug-likeness (QED) is 0.732. The summed E-state index contributed by atoms with van der Waals surface area (Å²) in [7, 11) is 0. The van der Waals surface area contributed by atoms with Crippen LogP contribution in [0.3, 0.4) is 0 Å². The van der Waals surface area contributed by atoms with Gasteiger partial charge in [-0.2, -0.15) is 5.06 Å². The number of carbonyl (C=O) groups is 2. The number of nitrogens with zero attached hydrogens (tertiary/aromatic N) is 1. The Balaban J connectivity index is 2.20. The van der Waals surface area contributed by atoms with Gasteiger partial charge in [-0.05, 0) is 31.9 Å². The van der Waals surface area contributed by atoms with E-state index in [0.717, 1.165) is 16.2 Å². The van der Waals surface area contributed by atoms with Gasteiger partial charge in [0.2, 0.25) is 0 Å². The van der Waals surface area contributed by atoms with Gasteiger partial charge in [0.25, 0.3) is 5.91 Å². The van der Waals surface area contributed by atoms with Gasteiger partial charge in [0.15, 0.2) is 0 Å². The van der Waals surface area contributed by atoms with E-state index in [4.69, 9.17) is 4.84 Å². The van der Waals surface area contributed by atoms with E-state index in [1.165, 1.54) is 0 Å². The summed E-state index contributed by atoms with van der Waals surface area (Å²) in [6.45, 7) is 5.43. The highest BCUT2D eigenvalue weighted by atomic mass is 16.7. The molecule has 0 bridgehead atoms. The van der Waals surface area contributed by atoms with Crippen LogP contribution in [0.5, 0.6) is 0 Å². The van der Waals surface area contributed by atoms with Crippen molar-refractivity contribution in [3.8, 4) is 0 Å². The largest absolute Gasteiger partial charge is 0.347 e. The fourth-order valence-electron chi connectivity index (χ4n) is 1.70. The van der Waals surface area contributed by atoms with E-state index in [1.54, 1.807) is 13.8 Å². The molecular formula is C13H15NO3. The maximum absolute atomic E-state index is 11.9. The van der Waals surface area contributed by atoms with Crippen molar-refractivity contribution in [3.05, 3.63) is 35.4 Å². The summed E-state index contributed by atoms with van der Waals surface area (Å²) in [6, 6.07) is 7.71. The van der Waals surface area contributed by atoms with Crippen molar-refractivity contribution in [3.63, 3.8) is 0 Å². The Hall–Kier alpha value is -1.84. The zero-order valence-electron chi connectivity index (χ0n) is 10.2. The molecule has 0 unspecified atom stereocenters. The van der Waals surface area contributed by atoms with E-state index >= 15 is 0 Å². The fraction of sp³-hybridized carbons (Fsp3) is 0.385. The first-order valence-electron chi connectivity index (χ1n) is 5.52. The van der Waals surface area contributed by atoms with Crippen molar-refractivity contribution in [2.45, 2.75) is 27.3 Å². The van der Waals surface area contributed by atoms with E-state index in [0.29, 0.717) is 6.54 Å². The zero-order valence-corrected chi connectivity index (χ0v) is 10.2. The van der Waals surface area contributed by atoms with Crippen molar-refractivity contribution >= 4 is 11.9 Å². The summed E-state index contributed by atoms with van der Waals surface area (Å²) in [4.78, 5) is 28.4. The third-order valence-corrected chi connectivity index (χ3v) is 3.04. The summed E-state index contributed by atoms with van der Waals surface area (Å²) < 4.78 is 0. The third-order valence-electron chi connectivity index (χ3n) is 3.04. The minimum atomic E-state index is -1.07. The van der Waals surface area contributed by atoms with Gasteiger partial charge in [-0.1, -0.05) is 24.3 Å². The van der Waals surface area contributed by atoms with Gasteiger partial charge >= 0.3 is 5.97 Å². The second-order valence-corrected chi connectivity index (χ2v) is 4.77. The number of aryl methyl sites for hydroxylation is 1. The summed E-state index contributed by atoms with van der Waals surface area (Å²) in [5, 5.41) is 1.14. The van der Waals surface area contributed by atoms with Gasteiger partial charge in [-0.3, -0.25) is 4.79 Å². The molecule has 4 heteroatoms. The van der Waals surface area contributed by atoms with Crippen molar-refractivity contribution in [1.82, 2.24) is 5.06 Å². The van der Waals surface area contributed by atoms with Crippen molar-refractivity contribution < 1.29 is 14.4 Å². The molecule has 0 atom stereocenters. The molecule has 0 spiro atoms. The Kier molecular flexibility index (Phi) is 2.65. The predicted molar refractivity (Wildman–Crippen MR) is 61.6 cm³/mol. The van der Waals surface area contributed by atoms with E-state index < -0.39 is 11.4 Å². The molecule has 90 valence electrons. The molecule has 1 fully saturated rings. The SMILES string of the molecule is Cc1ccccc1CN1OC(=O)C(C)(C)C1=O. The molecule has 1 amide bonds. The lowest BCUT2D eigenvalue weighted by molar-refractivity contribution is -0.180. The van der Waals surface area contributed by atoms with Crippen LogP contribution in [-0.2, 0) is 21.0 Å². The van der Waals surface area contributed by atoms with E-state index in [1.807, 2.05) is 31.2 Å². The molecule has 1 aliphatic rings. The molecule has 0 radical (unpaired) electrons. The van der Waals surface area contributed by atoms with Crippen molar-refractivity contribution in [1.29, 1.82) is 0 Å². The Labute approximate surface area is 100 Å². The maximum atomic E-state index is 11.9. The topological polar surface area (TPSA) is 46.6 Å². The number of carbonyl (C=O) groups excluding carboxylic acids is 2. The molecule has 1 heterocycles.